The van der Waals surface area contributed by atoms with Gasteiger partial charge in [-0.1, -0.05) is 54.6 Å². The molecule has 0 heterocycles. The molecule has 0 aliphatic heterocycles. The van der Waals surface area contributed by atoms with Gasteiger partial charge in [-0.25, -0.2) is 0 Å². The molecule has 0 fully saturated rings. The van der Waals surface area contributed by atoms with Crippen LogP contribution in [0.3, 0.4) is 0 Å². The highest BCUT2D eigenvalue weighted by Gasteiger charge is 2.46. The van der Waals surface area contributed by atoms with Gasteiger partial charge in [-0.15, -0.1) is 0 Å². The van der Waals surface area contributed by atoms with Gasteiger partial charge in [-0.3, -0.25) is 0 Å². The molecular formula is C27H26ClO2P. The van der Waals surface area contributed by atoms with Crippen LogP contribution in [0.1, 0.15) is 11.1 Å². The zero-order valence-corrected chi connectivity index (χ0v) is 19.4. The van der Waals surface area contributed by atoms with Gasteiger partial charge < -0.3 is 22.3 Å². The van der Waals surface area contributed by atoms with Crippen molar-refractivity contribution in [2.45, 2.75) is 13.1 Å². The van der Waals surface area contributed by atoms with Crippen LogP contribution in [-0.4, -0.2) is 12.2 Å². The van der Waals surface area contributed by atoms with Crippen LogP contribution >= 0.6 is 7.26 Å². The van der Waals surface area contributed by atoms with Crippen molar-refractivity contribution < 1.29 is 22.3 Å². The van der Waals surface area contributed by atoms with Crippen LogP contribution in [0.25, 0.3) is 0 Å². The number of hydrogen-bond acceptors (Lipinski definition) is 2. The molecule has 0 bridgehead atoms. The second kappa shape index (κ2) is 10.0. The molecule has 0 saturated carbocycles. The van der Waals surface area contributed by atoms with Crippen molar-refractivity contribution in [3.05, 3.63) is 114 Å². The molecule has 158 valence electrons. The van der Waals surface area contributed by atoms with E-state index in [1.165, 1.54) is 15.9 Å². The van der Waals surface area contributed by atoms with Gasteiger partial charge in [-0.05, 0) is 61.0 Å². The molecule has 2 nitrogen and oxygen atoms in total. The summed E-state index contributed by atoms with van der Waals surface area (Å²) in [7, 11) is -0.398. The predicted octanol–water partition coefficient (Wildman–Crippen LogP) is 2.21. The molecule has 31 heavy (non-hydrogen) atoms. The molecule has 0 spiro atoms. The molecule has 0 atom stereocenters. The van der Waals surface area contributed by atoms with Gasteiger partial charge in [0.2, 0.25) is 0 Å². The van der Waals surface area contributed by atoms with E-state index in [2.05, 4.69) is 91.0 Å². The Morgan fingerprint density at radius 3 is 1.52 bits per heavy atom. The average molecular weight is 449 g/mol. The fourth-order valence-corrected chi connectivity index (χ4v) is 8.32. The first kappa shape index (κ1) is 22.9. The van der Waals surface area contributed by atoms with Crippen molar-refractivity contribution in [1.82, 2.24) is 0 Å². The summed E-state index contributed by atoms with van der Waals surface area (Å²) in [5.41, 5.74) is 1.74. The van der Waals surface area contributed by atoms with Crippen LogP contribution in [0.4, 0.5) is 0 Å². The lowest BCUT2D eigenvalue weighted by atomic mass is 10.1. The van der Waals surface area contributed by atoms with Gasteiger partial charge in [0.1, 0.15) is 40.8 Å². The lowest BCUT2D eigenvalue weighted by molar-refractivity contribution is -0.00000716. The van der Waals surface area contributed by atoms with Crippen LogP contribution in [0.2, 0.25) is 0 Å². The molecule has 0 amide bonds. The fraction of sp³-hybridized carbons (Fsp3) is 0.111. The first-order valence-corrected chi connectivity index (χ1v) is 12.0. The van der Waals surface area contributed by atoms with Crippen LogP contribution in [0.15, 0.2) is 103 Å². The van der Waals surface area contributed by atoms with E-state index in [0.29, 0.717) is 5.75 Å². The number of phenols is 1. The van der Waals surface area contributed by atoms with Crippen LogP contribution < -0.4 is 33.1 Å². The largest absolute Gasteiger partial charge is 1.00 e. The molecule has 0 saturated heterocycles. The molecule has 0 aliphatic rings. The summed E-state index contributed by atoms with van der Waals surface area (Å²) in [5, 5.41) is 14.9. The van der Waals surface area contributed by atoms with E-state index in [9.17, 15) is 5.11 Å². The Morgan fingerprint density at radius 1 is 0.710 bits per heavy atom. The van der Waals surface area contributed by atoms with Gasteiger partial charge in [-0.2, -0.15) is 0 Å². The Morgan fingerprint density at radius 2 is 1.13 bits per heavy atom. The van der Waals surface area contributed by atoms with Crippen LogP contribution in [0, 0.1) is 6.92 Å². The van der Waals surface area contributed by atoms with Crippen molar-refractivity contribution in [3.8, 4) is 11.5 Å². The number of aryl methyl sites for hydroxylation is 1. The van der Waals surface area contributed by atoms with Gasteiger partial charge in [0.25, 0.3) is 0 Å². The minimum Gasteiger partial charge on any atom is -1.00 e. The summed E-state index contributed by atoms with van der Waals surface area (Å²) >= 11 is 0. The number of halogens is 1. The highest BCUT2D eigenvalue weighted by atomic mass is 35.5. The number of hydrogen-bond donors (Lipinski definition) is 1. The standard InChI is InChI=1S/C27H25O2P.ClH/c1-21-18-23(29-2)19-22(27(21)28)20-30(24-12-6-3-7-13-24,25-14-8-4-9-15-25)26-16-10-5-11-17-26;/h3-19H,20H2,1-2H3;1H. The lowest BCUT2D eigenvalue weighted by Crippen LogP contribution is -3.00. The molecule has 0 radical (unpaired) electrons. The molecule has 4 heteroatoms. The van der Waals surface area contributed by atoms with E-state index in [1.54, 1.807) is 7.11 Å². The molecule has 4 aromatic carbocycles. The van der Waals surface area contributed by atoms with Crippen LogP contribution in [0.5, 0.6) is 11.5 Å². The Hall–Kier alpha value is -2.80. The van der Waals surface area contributed by atoms with E-state index < -0.39 is 7.26 Å². The molecule has 4 rings (SSSR count). The summed E-state index contributed by atoms with van der Waals surface area (Å²) < 4.78 is 5.52. The smallest absolute Gasteiger partial charge is 0.125 e. The summed E-state index contributed by atoms with van der Waals surface area (Å²) in [6, 6.07) is 36.0. The highest BCUT2D eigenvalue weighted by molar-refractivity contribution is 7.95. The average Bonchev–Trinajstić information content (AvgIpc) is 2.81. The van der Waals surface area contributed by atoms with Gasteiger partial charge in [0.15, 0.2) is 0 Å². The number of rotatable bonds is 6. The Labute approximate surface area is 191 Å². The summed E-state index contributed by atoms with van der Waals surface area (Å²) in [6.45, 7) is 1.93. The monoisotopic (exact) mass is 448 g/mol. The number of aromatic hydroxyl groups is 1. The van der Waals surface area contributed by atoms with Gasteiger partial charge in [0, 0.05) is 5.56 Å². The van der Waals surface area contributed by atoms with E-state index in [0.717, 1.165) is 23.0 Å². The van der Waals surface area contributed by atoms with E-state index >= 15 is 0 Å². The van der Waals surface area contributed by atoms with Crippen LogP contribution in [-0.2, 0) is 6.16 Å². The van der Waals surface area contributed by atoms with E-state index in [-0.39, 0.29) is 12.4 Å². The van der Waals surface area contributed by atoms with E-state index in [4.69, 9.17) is 4.74 Å². The topological polar surface area (TPSA) is 29.5 Å². The van der Waals surface area contributed by atoms with Crippen molar-refractivity contribution in [1.29, 1.82) is 0 Å². The second-order valence-electron chi connectivity index (χ2n) is 7.43. The number of benzene rings is 4. The Balaban J connectivity index is 0.00000272. The Bertz CT molecular complexity index is 1020. The van der Waals surface area contributed by atoms with Crippen molar-refractivity contribution in [2.75, 3.05) is 7.11 Å². The minimum atomic E-state index is -2.07. The summed E-state index contributed by atoms with van der Waals surface area (Å²) in [5.74, 6) is 1.12. The maximum atomic E-state index is 11.0. The first-order valence-electron chi connectivity index (χ1n) is 10.1. The molecule has 0 aliphatic carbocycles. The zero-order valence-electron chi connectivity index (χ0n) is 17.7. The summed E-state index contributed by atoms with van der Waals surface area (Å²) in [6.07, 6.45) is 0.717. The van der Waals surface area contributed by atoms with Crippen molar-refractivity contribution in [3.63, 3.8) is 0 Å². The molecule has 1 N–H and O–H groups in total. The highest BCUT2D eigenvalue weighted by Crippen LogP contribution is 2.59. The SMILES string of the molecule is COc1cc(C)c(O)c(C[P+](c2ccccc2)(c2ccccc2)c2ccccc2)c1.[Cl-]. The van der Waals surface area contributed by atoms with Crippen molar-refractivity contribution >= 4 is 23.2 Å². The second-order valence-corrected chi connectivity index (χ2v) is 10.9. The van der Waals surface area contributed by atoms with Gasteiger partial charge >= 0.3 is 0 Å². The zero-order chi connectivity index (χ0) is 21.0. The molecule has 4 aromatic rings. The fourth-order valence-electron chi connectivity index (χ4n) is 4.08. The molecule has 0 aromatic heterocycles. The Kier molecular flexibility index (Phi) is 7.38. The predicted molar refractivity (Wildman–Crippen MR) is 128 cm³/mol. The molecule has 0 unspecified atom stereocenters. The lowest BCUT2D eigenvalue weighted by Gasteiger charge is -2.28. The van der Waals surface area contributed by atoms with Crippen molar-refractivity contribution in [2.24, 2.45) is 0 Å². The maximum absolute atomic E-state index is 11.0. The van der Waals surface area contributed by atoms with Gasteiger partial charge in [0.05, 0.1) is 7.11 Å². The number of phenolic OH excluding ortho intramolecular Hbond substituents is 1. The quantitative estimate of drug-likeness (QED) is 0.458. The third-order valence-electron chi connectivity index (χ3n) is 5.59. The maximum Gasteiger partial charge on any atom is 0.125 e. The first-order chi connectivity index (χ1) is 14.6. The number of ether oxygens (including phenoxy) is 1. The molecular weight excluding hydrogens is 423 g/mol. The summed E-state index contributed by atoms with van der Waals surface area (Å²) in [4.78, 5) is 0. The number of methoxy groups -OCH3 is 1. The van der Waals surface area contributed by atoms with E-state index in [1.807, 2.05) is 19.1 Å². The minimum absolute atomic E-state index is 0. The third-order valence-corrected chi connectivity index (χ3v) is 9.94. The third kappa shape index (κ3) is 4.46. The normalized spacial score (nSPS) is 10.9.